The summed E-state index contributed by atoms with van der Waals surface area (Å²) in [7, 11) is 0. The molecular weight excluding hydrogens is 310 g/mol. The van der Waals surface area contributed by atoms with Crippen LogP contribution in [0.3, 0.4) is 0 Å². The Bertz CT molecular complexity index is 775. The van der Waals surface area contributed by atoms with Gasteiger partial charge in [-0.3, -0.25) is 19.7 Å². The van der Waals surface area contributed by atoms with E-state index in [2.05, 4.69) is 5.32 Å². The van der Waals surface area contributed by atoms with Crippen LogP contribution in [0.1, 0.15) is 41.3 Å². The summed E-state index contributed by atoms with van der Waals surface area (Å²) in [5, 5.41) is 2.31. The van der Waals surface area contributed by atoms with Gasteiger partial charge in [0.2, 0.25) is 11.8 Å². The summed E-state index contributed by atoms with van der Waals surface area (Å²) in [4.78, 5) is 37.7. The summed E-state index contributed by atoms with van der Waals surface area (Å²) in [6, 6.07) is 3.09. The highest BCUT2D eigenvalue weighted by molar-refractivity contribution is 6.05. The van der Waals surface area contributed by atoms with Crippen LogP contribution in [0.2, 0.25) is 0 Å². The Morgan fingerprint density at radius 3 is 2.88 bits per heavy atom. The normalized spacial score (nSPS) is 28.5. The molecule has 3 heterocycles. The first-order chi connectivity index (χ1) is 11.4. The van der Waals surface area contributed by atoms with Crippen molar-refractivity contribution in [2.45, 2.75) is 37.8 Å². The van der Waals surface area contributed by atoms with Crippen LogP contribution < -0.4 is 15.8 Å². The van der Waals surface area contributed by atoms with E-state index in [-0.39, 0.29) is 23.7 Å². The Kier molecular flexibility index (Phi) is 3.18. The molecule has 3 amide bonds. The van der Waals surface area contributed by atoms with Crippen molar-refractivity contribution in [3.05, 3.63) is 28.8 Å². The van der Waals surface area contributed by atoms with E-state index in [1.54, 1.807) is 6.07 Å². The number of hydrogen-bond acceptors (Lipinski definition) is 5. The van der Waals surface area contributed by atoms with Crippen LogP contribution in [-0.2, 0) is 21.5 Å². The van der Waals surface area contributed by atoms with E-state index in [1.165, 1.54) is 4.90 Å². The van der Waals surface area contributed by atoms with Crippen molar-refractivity contribution in [3.8, 4) is 5.75 Å². The van der Waals surface area contributed by atoms with Gasteiger partial charge in [-0.1, -0.05) is 13.0 Å². The summed E-state index contributed by atoms with van der Waals surface area (Å²) in [6.07, 6.45) is 0.602. The molecule has 1 aromatic rings. The summed E-state index contributed by atoms with van der Waals surface area (Å²) in [5.74, 6) is -0.157. The molecule has 4 rings (SSSR count). The Morgan fingerprint density at radius 2 is 2.17 bits per heavy atom. The van der Waals surface area contributed by atoms with Crippen molar-refractivity contribution in [2.24, 2.45) is 5.73 Å². The number of hydrogen-bond donors (Lipinski definition) is 2. The van der Waals surface area contributed by atoms with Crippen molar-refractivity contribution in [2.75, 3.05) is 13.2 Å². The molecule has 3 aliphatic rings. The zero-order valence-electron chi connectivity index (χ0n) is 13.4. The smallest absolute Gasteiger partial charge is 0.255 e. The number of piperidine rings is 1. The van der Waals surface area contributed by atoms with E-state index < -0.39 is 11.9 Å². The summed E-state index contributed by atoms with van der Waals surface area (Å²) in [5.41, 5.74) is 8.04. The van der Waals surface area contributed by atoms with Crippen molar-refractivity contribution in [1.82, 2.24) is 10.2 Å². The minimum absolute atomic E-state index is 0.188. The zero-order valence-corrected chi connectivity index (χ0v) is 13.4. The van der Waals surface area contributed by atoms with Gasteiger partial charge in [0.05, 0.1) is 13.2 Å². The maximum Gasteiger partial charge on any atom is 0.255 e. The standard InChI is InChI=1S/C17H19N3O4/c1-17(7-18)8-24-14-10-6-20(12-4-5-13(21)19-15(12)22)16(23)9(10)2-3-11(14)17/h2-3,12H,4-8,18H2,1H3,(H,19,21,22). The minimum atomic E-state index is -0.611. The van der Waals surface area contributed by atoms with E-state index in [0.29, 0.717) is 31.7 Å². The molecule has 126 valence electrons. The molecule has 2 unspecified atom stereocenters. The maximum atomic E-state index is 12.7. The molecule has 2 atom stereocenters. The van der Waals surface area contributed by atoms with E-state index in [9.17, 15) is 14.4 Å². The lowest BCUT2D eigenvalue weighted by molar-refractivity contribution is -0.136. The van der Waals surface area contributed by atoms with Crippen molar-refractivity contribution in [3.63, 3.8) is 0 Å². The van der Waals surface area contributed by atoms with Gasteiger partial charge < -0.3 is 15.4 Å². The Labute approximate surface area is 139 Å². The van der Waals surface area contributed by atoms with Gasteiger partial charge in [0.1, 0.15) is 11.8 Å². The van der Waals surface area contributed by atoms with Gasteiger partial charge in [-0.15, -0.1) is 0 Å². The number of ether oxygens (including phenoxy) is 1. The largest absolute Gasteiger partial charge is 0.492 e. The topological polar surface area (TPSA) is 102 Å². The number of nitrogens with zero attached hydrogens (tertiary/aromatic N) is 1. The Hall–Kier alpha value is -2.41. The molecule has 3 aliphatic heterocycles. The lowest BCUT2D eigenvalue weighted by Gasteiger charge is -2.29. The number of carbonyl (C=O) groups excluding carboxylic acids is 3. The van der Waals surface area contributed by atoms with E-state index in [0.717, 1.165) is 16.9 Å². The number of nitrogens with one attached hydrogen (secondary N) is 1. The van der Waals surface area contributed by atoms with Gasteiger partial charge in [-0.25, -0.2) is 0 Å². The zero-order chi connectivity index (χ0) is 17.1. The van der Waals surface area contributed by atoms with E-state index in [4.69, 9.17) is 10.5 Å². The Morgan fingerprint density at radius 1 is 1.38 bits per heavy atom. The molecule has 0 bridgehead atoms. The molecule has 1 saturated heterocycles. The molecule has 1 fully saturated rings. The first kappa shape index (κ1) is 15.1. The number of carbonyl (C=O) groups is 3. The second kappa shape index (κ2) is 5.04. The number of nitrogens with two attached hydrogens (primary N) is 1. The number of rotatable bonds is 2. The molecule has 1 aromatic carbocycles. The fourth-order valence-electron chi connectivity index (χ4n) is 3.73. The SMILES string of the molecule is CC1(CN)COc2c1ccc1c2CN(C2CCC(=O)NC2=O)C1=O. The molecule has 7 nitrogen and oxygen atoms in total. The van der Waals surface area contributed by atoms with Gasteiger partial charge in [0.25, 0.3) is 5.91 Å². The fraction of sp³-hybridized carbons (Fsp3) is 0.471. The summed E-state index contributed by atoms with van der Waals surface area (Å²) >= 11 is 0. The third-order valence-electron chi connectivity index (χ3n) is 5.30. The van der Waals surface area contributed by atoms with Gasteiger partial charge in [0, 0.05) is 35.1 Å². The van der Waals surface area contributed by atoms with Crippen LogP contribution in [0.25, 0.3) is 0 Å². The lowest BCUT2D eigenvalue weighted by Crippen LogP contribution is -2.52. The van der Waals surface area contributed by atoms with Gasteiger partial charge in [-0.05, 0) is 12.5 Å². The highest BCUT2D eigenvalue weighted by Gasteiger charge is 2.44. The molecule has 0 saturated carbocycles. The second-order valence-electron chi connectivity index (χ2n) is 6.92. The predicted molar refractivity (Wildman–Crippen MR) is 84.4 cm³/mol. The highest BCUT2D eigenvalue weighted by Crippen LogP contribution is 2.44. The van der Waals surface area contributed by atoms with E-state index in [1.807, 2.05) is 13.0 Å². The summed E-state index contributed by atoms with van der Waals surface area (Å²) < 4.78 is 5.86. The van der Waals surface area contributed by atoms with Crippen LogP contribution in [0.15, 0.2) is 12.1 Å². The quantitative estimate of drug-likeness (QED) is 0.747. The first-order valence-corrected chi connectivity index (χ1v) is 8.08. The predicted octanol–water partition coefficient (Wildman–Crippen LogP) is 0.0564. The lowest BCUT2D eigenvalue weighted by atomic mass is 9.83. The van der Waals surface area contributed by atoms with Gasteiger partial charge in [0.15, 0.2) is 0 Å². The molecule has 0 aromatic heterocycles. The third kappa shape index (κ3) is 1.97. The number of fused-ring (bicyclic) bond motifs is 3. The molecule has 24 heavy (non-hydrogen) atoms. The van der Waals surface area contributed by atoms with E-state index >= 15 is 0 Å². The van der Waals surface area contributed by atoms with Crippen LogP contribution in [0.4, 0.5) is 0 Å². The molecule has 0 aliphatic carbocycles. The molecule has 3 N–H and O–H groups in total. The average molecular weight is 329 g/mol. The average Bonchev–Trinajstić information content (AvgIpc) is 3.07. The molecular formula is C17H19N3O4. The number of amides is 3. The maximum absolute atomic E-state index is 12.7. The van der Waals surface area contributed by atoms with Crippen molar-refractivity contribution in [1.29, 1.82) is 0 Å². The van der Waals surface area contributed by atoms with Crippen LogP contribution in [-0.4, -0.2) is 41.8 Å². The summed E-state index contributed by atoms with van der Waals surface area (Å²) in [6.45, 7) is 3.32. The molecule has 7 heteroatoms. The first-order valence-electron chi connectivity index (χ1n) is 8.08. The highest BCUT2D eigenvalue weighted by atomic mass is 16.5. The fourth-order valence-corrected chi connectivity index (χ4v) is 3.73. The van der Waals surface area contributed by atoms with Crippen LogP contribution >= 0.6 is 0 Å². The monoisotopic (exact) mass is 329 g/mol. The van der Waals surface area contributed by atoms with Gasteiger partial charge >= 0.3 is 0 Å². The number of benzene rings is 1. The third-order valence-corrected chi connectivity index (χ3v) is 5.30. The minimum Gasteiger partial charge on any atom is -0.492 e. The molecule has 0 spiro atoms. The van der Waals surface area contributed by atoms with Gasteiger partial charge in [-0.2, -0.15) is 0 Å². The second-order valence-corrected chi connectivity index (χ2v) is 6.92. The van der Waals surface area contributed by atoms with Crippen LogP contribution in [0, 0.1) is 0 Å². The number of imide groups is 1. The van der Waals surface area contributed by atoms with Crippen molar-refractivity contribution < 1.29 is 19.1 Å². The van der Waals surface area contributed by atoms with Crippen molar-refractivity contribution >= 4 is 17.7 Å². The van der Waals surface area contributed by atoms with Crippen LogP contribution in [0.5, 0.6) is 5.75 Å². The molecule has 0 radical (unpaired) electrons. The Balaban J connectivity index is 1.69.